The second-order valence-corrected chi connectivity index (χ2v) is 6.40. The number of ether oxygens (including phenoxy) is 1. The Morgan fingerprint density at radius 3 is 2.60 bits per heavy atom. The lowest BCUT2D eigenvalue weighted by atomic mass is 10.2. The number of sulfonamides is 1. The maximum Gasteiger partial charge on any atom is 0.241 e. The molecule has 1 rings (SSSR count). The Hall–Kier alpha value is -1.18. The molecule has 5 nitrogen and oxygen atoms in total. The molecule has 0 fully saturated rings. The molecule has 3 N–H and O–H groups in total. The second-order valence-electron chi connectivity index (χ2n) is 4.68. The molecular weight excluding hydrogens is 283 g/mol. The van der Waals surface area contributed by atoms with Gasteiger partial charge in [-0.05, 0) is 25.5 Å². The Morgan fingerprint density at radius 1 is 1.45 bits per heavy atom. The van der Waals surface area contributed by atoms with Gasteiger partial charge in [-0.2, -0.15) is 0 Å². The molecule has 0 radical (unpaired) electrons. The van der Waals surface area contributed by atoms with Gasteiger partial charge in [0.25, 0.3) is 0 Å². The van der Waals surface area contributed by atoms with Gasteiger partial charge in [-0.15, -0.1) is 0 Å². The van der Waals surface area contributed by atoms with Gasteiger partial charge in [-0.3, -0.25) is 0 Å². The van der Waals surface area contributed by atoms with Crippen molar-refractivity contribution in [1.82, 2.24) is 4.72 Å². The molecule has 0 amide bonds. The number of hydrogen-bond donors (Lipinski definition) is 2. The molecule has 0 saturated heterocycles. The van der Waals surface area contributed by atoms with Crippen LogP contribution in [0.5, 0.6) is 0 Å². The summed E-state index contributed by atoms with van der Waals surface area (Å²) in [5.74, 6) is -0.635. The lowest BCUT2D eigenvalue weighted by molar-refractivity contribution is 0.171. The van der Waals surface area contributed by atoms with Crippen LogP contribution >= 0.6 is 0 Å². The number of nitrogens with one attached hydrogen (secondary N) is 1. The first-order chi connectivity index (χ1) is 9.31. The summed E-state index contributed by atoms with van der Waals surface area (Å²) >= 11 is 0. The van der Waals surface area contributed by atoms with Crippen molar-refractivity contribution < 1.29 is 17.5 Å². The van der Waals surface area contributed by atoms with Crippen molar-refractivity contribution in [2.75, 3.05) is 19.5 Å². The maximum atomic E-state index is 13.6. The van der Waals surface area contributed by atoms with E-state index in [9.17, 15) is 12.8 Å². The zero-order chi connectivity index (χ0) is 15.3. The summed E-state index contributed by atoms with van der Waals surface area (Å²) in [6, 6.07) is 1.89. The Kier molecular flexibility index (Phi) is 5.91. The Balaban J connectivity index is 3.04. The quantitative estimate of drug-likeness (QED) is 0.753. The monoisotopic (exact) mass is 304 g/mol. The minimum absolute atomic E-state index is 0.115. The van der Waals surface area contributed by atoms with Crippen LogP contribution in [0.3, 0.4) is 0 Å². The second kappa shape index (κ2) is 7.01. The SMILES string of the molecule is CCCC(COC)NS(=O)(=O)c1cc(N)c(C)c(F)c1. The molecule has 1 unspecified atom stereocenters. The number of methoxy groups -OCH3 is 1. The summed E-state index contributed by atoms with van der Waals surface area (Å²) in [6.07, 6.45) is 1.44. The van der Waals surface area contributed by atoms with Crippen molar-refractivity contribution in [2.24, 2.45) is 0 Å². The van der Waals surface area contributed by atoms with Gasteiger partial charge in [0.15, 0.2) is 0 Å². The van der Waals surface area contributed by atoms with Crippen LogP contribution in [0, 0.1) is 12.7 Å². The molecule has 0 aromatic heterocycles. The first kappa shape index (κ1) is 16.9. The van der Waals surface area contributed by atoms with Crippen LogP contribution < -0.4 is 10.5 Å². The van der Waals surface area contributed by atoms with E-state index in [0.29, 0.717) is 6.42 Å². The zero-order valence-corrected chi connectivity index (χ0v) is 12.8. The molecular formula is C13H21FN2O3S. The Labute approximate surface area is 119 Å². The van der Waals surface area contributed by atoms with E-state index in [4.69, 9.17) is 10.5 Å². The van der Waals surface area contributed by atoms with Crippen LogP contribution in [-0.4, -0.2) is 28.2 Å². The predicted molar refractivity (Wildman–Crippen MR) is 76.4 cm³/mol. The molecule has 0 bridgehead atoms. The van der Waals surface area contributed by atoms with Gasteiger partial charge in [-0.25, -0.2) is 17.5 Å². The summed E-state index contributed by atoms with van der Waals surface area (Å²) in [4.78, 5) is -0.171. The highest BCUT2D eigenvalue weighted by Gasteiger charge is 2.21. The largest absolute Gasteiger partial charge is 0.398 e. The third-order valence-electron chi connectivity index (χ3n) is 3.00. The fourth-order valence-corrected chi connectivity index (χ4v) is 3.14. The molecule has 0 aliphatic heterocycles. The maximum absolute atomic E-state index is 13.6. The van der Waals surface area contributed by atoms with Crippen molar-refractivity contribution in [3.8, 4) is 0 Å². The number of nitrogens with two attached hydrogens (primary N) is 1. The van der Waals surface area contributed by atoms with Gasteiger partial charge in [0.05, 0.1) is 11.5 Å². The lowest BCUT2D eigenvalue weighted by Crippen LogP contribution is -2.38. The minimum Gasteiger partial charge on any atom is -0.398 e. The molecule has 0 aliphatic carbocycles. The van der Waals surface area contributed by atoms with Crippen LogP contribution in [0.2, 0.25) is 0 Å². The van der Waals surface area contributed by atoms with Gasteiger partial charge in [-0.1, -0.05) is 13.3 Å². The molecule has 20 heavy (non-hydrogen) atoms. The van der Waals surface area contributed by atoms with E-state index in [-0.39, 0.29) is 28.8 Å². The van der Waals surface area contributed by atoms with E-state index in [1.165, 1.54) is 20.1 Å². The molecule has 0 spiro atoms. The topological polar surface area (TPSA) is 81.4 Å². The summed E-state index contributed by atoms with van der Waals surface area (Å²) < 4.78 is 45.5. The van der Waals surface area contributed by atoms with E-state index in [2.05, 4.69) is 4.72 Å². The van der Waals surface area contributed by atoms with E-state index in [0.717, 1.165) is 12.5 Å². The Morgan fingerprint density at radius 2 is 2.10 bits per heavy atom. The highest BCUT2D eigenvalue weighted by molar-refractivity contribution is 7.89. The highest BCUT2D eigenvalue weighted by atomic mass is 32.2. The van der Waals surface area contributed by atoms with Crippen LogP contribution in [0.4, 0.5) is 10.1 Å². The summed E-state index contributed by atoms with van der Waals surface area (Å²) in [5.41, 5.74) is 5.97. The number of nitrogen functional groups attached to an aromatic ring is 1. The Bertz CT molecular complexity index is 532. The molecule has 0 heterocycles. The molecule has 114 valence electrons. The van der Waals surface area contributed by atoms with Crippen molar-refractivity contribution in [2.45, 2.75) is 37.6 Å². The zero-order valence-electron chi connectivity index (χ0n) is 11.9. The average Bonchev–Trinajstić information content (AvgIpc) is 2.35. The summed E-state index contributed by atoms with van der Waals surface area (Å²) in [7, 11) is -2.32. The minimum atomic E-state index is -3.82. The first-order valence-corrected chi connectivity index (χ1v) is 7.87. The van der Waals surface area contributed by atoms with Gasteiger partial charge in [0.2, 0.25) is 10.0 Å². The van der Waals surface area contributed by atoms with E-state index in [1.54, 1.807) is 0 Å². The van der Waals surface area contributed by atoms with Crippen molar-refractivity contribution in [1.29, 1.82) is 0 Å². The van der Waals surface area contributed by atoms with Crippen LogP contribution in [-0.2, 0) is 14.8 Å². The molecule has 1 aromatic rings. The van der Waals surface area contributed by atoms with Gasteiger partial charge < -0.3 is 10.5 Å². The summed E-state index contributed by atoms with van der Waals surface area (Å²) in [6.45, 7) is 3.71. The smallest absolute Gasteiger partial charge is 0.241 e. The van der Waals surface area contributed by atoms with Crippen molar-refractivity contribution >= 4 is 15.7 Å². The third-order valence-corrected chi connectivity index (χ3v) is 4.50. The predicted octanol–water partition coefficient (Wildman–Crippen LogP) is 1.81. The van der Waals surface area contributed by atoms with Crippen LogP contribution in [0.25, 0.3) is 0 Å². The molecule has 7 heteroatoms. The molecule has 0 aliphatic rings. The van der Waals surface area contributed by atoms with Gasteiger partial charge in [0, 0.05) is 24.4 Å². The number of hydrogen-bond acceptors (Lipinski definition) is 4. The van der Waals surface area contributed by atoms with Crippen molar-refractivity contribution in [3.05, 3.63) is 23.5 Å². The third kappa shape index (κ3) is 4.16. The lowest BCUT2D eigenvalue weighted by Gasteiger charge is -2.17. The van der Waals surface area contributed by atoms with Gasteiger partial charge >= 0.3 is 0 Å². The number of rotatable bonds is 7. The molecule has 1 aromatic carbocycles. The first-order valence-electron chi connectivity index (χ1n) is 6.38. The highest BCUT2D eigenvalue weighted by Crippen LogP contribution is 2.21. The number of benzene rings is 1. The molecule has 0 saturated carbocycles. The van der Waals surface area contributed by atoms with E-state index in [1.807, 2.05) is 6.92 Å². The van der Waals surface area contributed by atoms with Crippen LogP contribution in [0.15, 0.2) is 17.0 Å². The van der Waals surface area contributed by atoms with E-state index < -0.39 is 15.8 Å². The van der Waals surface area contributed by atoms with Crippen LogP contribution in [0.1, 0.15) is 25.3 Å². The standard InChI is InChI=1S/C13H21FN2O3S/c1-4-5-10(8-19-3)16-20(17,18)11-6-12(14)9(2)13(15)7-11/h6-7,10,16H,4-5,8,15H2,1-3H3. The van der Waals surface area contributed by atoms with E-state index >= 15 is 0 Å². The fourth-order valence-electron chi connectivity index (χ4n) is 1.84. The van der Waals surface area contributed by atoms with Gasteiger partial charge in [0.1, 0.15) is 5.82 Å². The molecule has 1 atom stereocenters. The number of halogens is 1. The van der Waals surface area contributed by atoms with Crippen molar-refractivity contribution in [3.63, 3.8) is 0 Å². The average molecular weight is 304 g/mol. The normalized spacial score (nSPS) is 13.4. The fraction of sp³-hybridized carbons (Fsp3) is 0.538. The number of anilines is 1. The summed E-state index contributed by atoms with van der Waals surface area (Å²) in [5, 5.41) is 0.